The van der Waals surface area contributed by atoms with Gasteiger partial charge in [0.1, 0.15) is 18.2 Å². The summed E-state index contributed by atoms with van der Waals surface area (Å²) in [4.78, 5) is 11.6. The Morgan fingerprint density at radius 1 is 1.10 bits per heavy atom. The maximum atomic E-state index is 12.6. The number of halogens is 1. The average molecular weight is 392 g/mol. The third-order valence-electron chi connectivity index (χ3n) is 5.11. The predicted molar refractivity (Wildman–Crippen MR) is 109 cm³/mol. The maximum absolute atomic E-state index is 12.6. The van der Waals surface area contributed by atoms with Crippen molar-refractivity contribution in [3.8, 4) is 22.6 Å². The SMILES string of the molecule is FCCn1cc(-c2cc3c(-c4cccc(N5CCNCC5)n4)n[nH]c3cn2)cn1. The van der Waals surface area contributed by atoms with Crippen LogP contribution in [-0.4, -0.2) is 62.8 Å². The van der Waals surface area contributed by atoms with E-state index in [0.717, 1.165) is 65.5 Å². The van der Waals surface area contributed by atoms with E-state index in [1.807, 2.05) is 24.3 Å². The van der Waals surface area contributed by atoms with Crippen LogP contribution in [0.15, 0.2) is 42.9 Å². The molecule has 148 valence electrons. The molecule has 0 spiro atoms. The minimum absolute atomic E-state index is 0.238. The lowest BCUT2D eigenvalue weighted by Crippen LogP contribution is -2.43. The molecule has 5 heterocycles. The second-order valence-corrected chi connectivity index (χ2v) is 6.99. The van der Waals surface area contributed by atoms with Gasteiger partial charge in [0, 0.05) is 43.3 Å². The number of rotatable bonds is 5. The monoisotopic (exact) mass is 392 g/mol. The molecule has 5 rings (SSSR count). The maximum Gasteiger partial charge on any atom is 0.129 e. The van der Waals surface area contributed by atoms with Crippen LogP contribution in [0.5, 0.6) is 0 Å². The van der Waals surface area contributed by atoms with Gasteiger partial charge in [0.2, 0.25) is 0 Å². The van der Waals surface area contributed by atoms with E-state index in [1.54, 1.807) is 23.3 Å². The van der Waals surface area contributed by atoms with Crippen molar-refractivity contribution in [2.45, 2.75) is 6.54 Å². The Hall–Kier alpha value is -3.33. The molecule has 0 amide bonds. The van der Waals surface area contributed by atoms with Gasteiger partial charge >= 0.3 is 0 Å². The Labute approximate surface area is 166 Å². The summed E-state index contributed by atoms with van der Waals surface area (Å²) in [7, 11) is 0. The molecule has 1 aliphatic heterocycles. The first-order valence-corrected chi connectivity index (χ1v) is 9.68. The Bertz CT molecular complexity index is 1130. The molecule has 0 unspecified atom stereocenters. The van der Waals surface area contributed by atoms with Crippen molar-refractivity contribution in [2.75, 3.05) is 37.8 Å². The van der Waals surface area contributed by atoms with Crippen LogP contribution in [0.1, 0.15) is 0 Å². The van der Waals surface area contributed by atoms with Crippen molar-refractivity contribution in [1.82, 2.24) is 35.3 Å². The minimum atomic E-state index is -0.450. The van der Waals surface area contributed by atoms with Gasteiger partial charge in [-0.3, -0.25) is 14.8 Å². The van der Waals surface area contributed by atoms with E-state index >= 15 is 0 Å². The van der Waals surface area contributed by atoms with Gasteiger partial charge in [-0.25, -0.2) is 9.37 Å². The fraction of sp³-hybridized carbons (Fsp3) is 0.300. The number of nitrogens with one attached hydrogen (secondary N) is 2. The van der Waals surface area contributed by atoms with E-state index < -0.39 is 6.67 Å². The Kier molecular flexibility index (Phi) is 4.65. The molecule has 1 aliphatic rings. The van der Waals surface area contributed by atoms with Crippen molar-refractivity contribution in [3.63, 3.8) is 0 Å². The van der Waals surface area contributed by atoms with Crippen LogP contribution in [0.25, 0.3) is 33.5 Å². The second-order valence-electron chi connectivity index (χ2n) is 6.99. The summed E-state index contributed by atoms with van der Waals surface area (Å²) < 4.78 is 14.1. The lowest BCUT2D eigenvalue weighted by Gasteiger charge is -2.28. The van der Waals surface area contributed by atoms with Gasteiger partial charge in [-0.05, 0) is 18.2 Å². The molecule has 0 saturated carbocycles. The molecule has 0 aliphatic carbocycles. The van der Waals surface area contributed by atoms with Gasteiger partial charge in [0.25, 0.3) is 0 Å². The van der Waals surface area contributed by atoms with Crippen molar-refractivity contribution in [1.29, 1.82) is 0 Å². The highest BCUT2D eigenvalue weighted by atomic mass is 19.1. The van der Waals surface area contributed by atoms with Crippen LogP contribution < -0.4 is 10.2 Å². The van der Waals surface area contributed by atoms with Crippen LogP contribution in [0.2, 0.25) is 0 Å². The Morgan fingerprint density at radius 3 is 2.86 bits per heavy atom. The predicted octanol–water partition coefficient (Wildman–Crippen LogP) is 2.26. The standard InChI is InChI=1S/C20H21FN8/c21-4-7-29-13-14(11-24-29)17-10-15-18(12-23-17)26-27-20(15)16-2-1-3-19(25-16)28-8-5-22-6-9-28/h1-3,10-13,22H,4-9H2,(H,26,27). The molecule has 0 aromatic carbocycles. The lowest BCUT2D eigenvalue weighted by molar-refractivity contribution is 0.427. The normalized spacial score (nSPS) is 14.6. The van der Waals surface area contributed by atoms with Crippen LogP contribution >= 0.6 is 0 Å². The first kappa shape index (κ1) is 17.7. The average Bonchev–Trinajstić information content (AvgIpc) is 3.41. The molecule has 0 radical (unpaired) electrons. The van der Waals surface area contributed by atoms with E-state index in [1.165, 1.54) is 0 Å². The molecule has 4 aromatic heterocycles. The molecular formula is C20H21FN8. The number of fused-ring (bicyclic) bond motifs is 1. The highest BCUT2D eigenvalue weighted by Crippen LogP contribution is 2.29. The van der Waals surface area contributed by atoms with Crippen molar-refractivity contribution >= 4 is 16.7 Å². The molecule has 8 nitrogen and oxygen atoms in total. The summed E-state index contributed by atoms with van der Waals surface area (Å²) in [6.07, 6.45) is 5.26. The summed E-state index contributed by atoms with van der Waals surface area (Å²) in [5.41, 5.74) is 4.06. The molecule has 0 atom stereocenters. The van der Waals surface area contributed by atoms with Gasteiger partial charge in [-0.2, -0.15) is 10.2 Å². The fourth-order valence-corrected chi connectivity index (χ4v) is 3.60. The zero-order chi connectivity index (χ0) is 19.6. The molecule has 1 saturated heterocycles. The minimum Gasteiger partial charge on any atom is -0.354 e. The quantitative estimate of drug-likeness (QED) is 0.542. The molecule has 2 N–H and O–H groups in total. The van der Waals surface area contributed by atoms with E-state index in [2.05, 4.69) is 30.5 Å². The summed E-state index contributed by atoms with van der Waals surface area (Å²) in [5.74, 6) is 0.960. The summed E-state index contributed by atoms with van der Waals surface area (Å²) in [6.45, 7) is 3.59. The van der Waals surface area contributed by atoms with Crippen LogP contribution in [-0.2, 0) is 6.54 Å². The third kappa shape index (κ3) is 3.44. The topological polar surface area (TPSA) is 87.5 Å². The third-order valence-corrected chi connectivity index (χ3v) is 5.11. The second kappa shape index (κ2) is 7.59. The highest BCUT2D eigenvalue weighted by Gasteiger charge is 2.16. The molecule has 29 heavy (non-hydrogen) atoms. The number of H-pyrrole nitrogens is 1. The van der Waals surface area contributed by atoms with Crippen molar-refractivity contribution < 1.29 is 4.39 Å². The number of piperazine rings is 1. The summed E-state index contributed by atoms with van der Waals surface area (Å²) in [6, 6.07) is 8.00. The van der Waals surface area contributed by atoms with E-state index in [0.29, 0.717) is 0 Å². The van der Waals surface area contributed by atoms with Gasteiger partial charge in [-0.15, -0.1) is 0 Å². The number of aromatic amines is 1. The summed E-state index contributed by atoms with van der Waals surface area (Å²) in [5, 5.41) is 16.0. The number of nitrogens with zero attached hydrogens (tertiary/aromatic N) is 6. The number of aryl methyl sites for hydroxylation is 1. The number of hydrogen-bond acceptors (Lipinski definition) is 6. The van der Waals surface area contributed by atoms with Crippen molar-refractivity contribution in [3.05, 3.63) is 42.9 Å². The highest BCUT2D eigenvalue weighted by molar-refractivity contribution is 5.93. The van der Waals surface area contributed by atoms with Crippen LogP contribution in [0.3, 0.4) is 0 Å². The van der Waals surface area contributed by atoms with Gasteiger partial charge < -0.3 is 10.2 Å². The zero-order valence-electron chi connectivity index (χ0n) is 15.8. The molecule has 4 aromatic rings. The van der Waals surface area contributed by atoms with Gasteiger partial charge in [-0.1, -0.05) is 6.07 Å². The fourth-order valence-electron chi connectivity index (χ4n) is 3.60. The number of anilines is 1. The smallest absolute Gasteiger partial charge is 0.129 e. The summed E-state index contributed by atoms with van der Waals surface area (Å²) >= 11 is 0. The molecule has 0 bridgehead atoms. The van der Waals surface area contributed by atoms with Crippen LogP contribution in [0.4, 0.5) is 10.2 Å². The molecule has 9 heteroatoms. The van der Waals surface area contributed by atoms with Gasteiger partial charge in [0.05, 0.1) is 35.8 Å². The van der Waals surface area contributed by atoms with E-state index in [9.17, 15) is 4.39 Å². The number of aromatic nitrogens is 6. The number of hydrogen-bond donors (Lipinski definition) is 2. The van der Waals surface area contributed by atoms with Crippen LogP contribution in [0, 0.1) is 0 Å². The Morgan fingerprint density at radius 2 is 2.00 bits per heavy atom. The largest absolute Gasteiger partial charge is 0.354 e. The Balaban J connectivity index is 1.52. The zero-order valence-corrected chi connectivity index (χ0v) is 15.8. The number of pyridine rings is 2. The van der Waals surface area contributed by atoms with E-state index in [4.69, 9.17) is 4.98 Å². The molecular weight excluding hydrogens is 371 g/mol. The first-order chi connectivity index (χ1) is 14.3. The first-order valence-electron chi connectivity index (χ1n) is 9.68. The van der Waals surface area contributed by atoms with Gasteiger partial charge in [0.15, 0.2) is 0 Å². The van der Waals surface area contributed by atoms with E-state index in [-0.39, 0.29) is 6.54 Å². The lowest BCUT2D eigenvalue weighted by atomic mass is 10.1. The number of alkyl halides is 1. The molecule has 1 fully saturated rings. The van der Waals surface area contributed by atoms with Crippen molar-refractivity contribution in [2.24, 2.45) is 0 Å².